The minimum Gasteiger partial charge on any atom is -0.395 e. The van der Waals surface area contributed by atoms with Crippen molar-refractivity contribution < 1.29 is 14.3 Å². The fourth-order valence-electron chi connectivity index (χ4n) is 2.68. The zero-order chi connectivity index (χ0) is 16.9. The van der Waals surface area contributed by atoms with Gasteiger partial charge in [-0.25, -0.2) is 13.9 Å². The molecule has 2 amide bonds. The number of benzene rings is 1. The molecule has 1 aliphatic rings. The third-order valence-corrected chi connectivity index (χ3v) is 4.01. The third-order valence-electron chi connectivity index (χ3n) is 4.01. The lowest BCUT2D eigenvalue weighted by molar-refractivity contribution is 0.127. The lowest BCUT2D eigenvalue weighted by Crippen LogP contribution is -2.50. The van der Waals surface area contributed by atoms with Gasteiger partial charge in [0.25, 0.3) is 0 Å². The lowest BCUT2D eigenvalue weighted by atomic mass is 10.3. The van der Waals surface area contributed by atoms with E-state index >= 15 is 0 Å². The Morgan fingerprint density at radius 1 is 1.25 bits per heavy atom. The number of aliphatic hydroxyl groups is 1. The Kier molecular flexibility index (Phi) is 5.07. The second-order valence-corrected chi connectivity index (χ2v) is 5.61. The number of nitrogens with one attached hydrogen (secondary N) is 1. The fraction of sp³-hybridized carbons (Fsp3) is 0.375. The highest BCUT2D eigenvalue weighted by atomic mass is 19.1. The summed E-state index contributed by atoms with van der Waals surface area (Å²) in [6, 6.07) is 6.12. The van der Waals surface area contributed by atoms with E-state index in [9.17, 15) is 9.18 Å². The topological polar surface area (TPSA) is 73.6 Å². The van der Waals surface area contributed by atoms with E-state index in [-0.39, 0.29) is 18.5 Å². The predicted molar refractivity (Wildman–Crippen MR) is 87.6 cm³/mol. The van der Waals surface area contributed by atoms with Crippen LogP contribution in [0.2, 0.25) is 0 Å². The fourth-order valence-corrected chi connectivity index (χ4v) is 2.68. The summed E-state index contributed by atoms with van der Waals surface area (Å²) < 4.78 is 15.2. The van der Waals surface area contributed by atoms with E-state index in [1.807, 2.05) is 0 Å². The molecule has 7 nitrogen and oxygen atoms in total. The van der Waals surface area contributed by atoms with Crippen molar-refractivity contribution in [3.8, 4) is 5.69 Å². The van der Waals surface area contributed by atoms with Gasteiger partial charge in [-0.3, -0.25) is 4.90 Å². The molecule has 1 aliphatic heterocycles. The van der Waals surface area contributed by atoms with Crippen molar-refractivity contribution in [1.29, 1.82) is 0 Å². The molecule has 0 aliphatic carbocycles. The van der Waals surface area contributed by atoms with Gasteiger partial charge in [0.05, 0.1) is 24.7 Å². The molecule has 0 saturated carbocycles. The summed E-state index contributed by atoms with van der Waals surface area (Å²) in [7, 11) is 0. The van der Waals surface area contributed by atoms with Crippen LogP contribution >= 0.6 is 0 Å². The highest BCUT2D eigenvalue weighted by molar-refractivity contribution is 5.89. The monoisotopic (exact) mass is 333 g/mol. The van der Waals surface area contributed by atoms with Gasteiger partial charge in [0.15, 0.2) is 0 Å². The van der Waals surface area contributed by atoms with E-state index in [1.54, 1.807) is 29.3 Å². The maximum Gasteiger partial charge on any atom is 0.322 e. The number of hydrogen-bond acceptors (Lipinski definition) is 4. The number of anilines is 1. The van der Waals surface area contributed by atoms with Gasteiger partial charge in [0, 0.05) is 32.7 Å². The summed E-state index contributed by atoms with van der Waals surface area (Å²) >= 11 is 0. The SMILES string of the molecule is O=C(Nc1cnn(-c2ccccc2F)c1)N1CCN(CCO)CC1. The lowest BCUT2D eigenvalue weighted by Gasteiger charge is -2.34. The van der Waals surface area contributed by atoms with Crippen molar-refractivity contribution in [2.45, 2.75) is 0 Å². The number of carbonyl (C=O) groups excluding carboxylic acids is 1. The minimum atomic E-state index is -0.376. The molecule has 8 heteroatoms. The van der Waals surface area contributed by atoms with Crippen molar-refractivity contribution >= 4 is 11.7 Å². The Morgan fingerprint density at radius 3 is 2.71 bits per heavy atom. The first-order valence-corrected chi connectivity index (χ1v) is 7.86. The standard InChI is InChI=1S/C16H20FN5O2/c17-14-3-1-2-4-15(14)22-12-13(11-18-22)19-16(24)21-7-5-20(6-8-21)9-10-23/h1-4,11-12,23H,5-10H2,(H,19,24). The summed E-state index contributed by atoms with van der Waals surface area (Å²) in [6.45, 7) is 3.44. The molecule has 128 valence electrons. The molecule has 3 rings (SSSR count). The quantitative estimate of drug-likeness (QED) is 0.880. The number of aromatic nitrogens is 2. The number of halogens is 1. The summed E-state index contributed by atoms with van der Waals surface area (Å²) in [4.78, 5) is 16.1. The molecule has 0 spiro atoms. The number of β-amino-alcohol motifs (C(OH)–C–C–N with tert-alkyl or cyclic N) is 1. The highest BCUT2D eigenvalue weighted by Crippen LogP contribution is 2.15. The number of aliphatic hydroxyl groups excluding tert-OH is 1. The summed E-state index contributed by atoms with van der Waals surface area (Å²) in [5.41, 5.74) is 0.844. The van der Waals surface area contributed by atoms with E-state index in [0.717, 1.165) is 13.1 Å². The van der Waals surface area contributed by atoms with Crippen LogP contribution in [0.5, 0.6) is 0 Å². The van der Waals surface area contributed by atoms with Gasteiger partial charge < -0.3 is 15.3 Å². The molecular weight excluding hydrogens is 313 g/mol. The Morgan fingerprint density at radius 2 is 2.00 bits per heavy atom. The molecule has 1 fully saturated rings. The Labute approximate surface area is 139 Å². The number of amides is 2. The molecule has 2 heterocycles. The minimum absolute atomic E-state index is 0.126. The second kappa shape index (κ2) is 7.41. The Balaban J connectivity index is 1.59. The smallest absolute Gasteiger partial charge is 0.322 e. The third kappa shape index (κ3) is 3.72. The first-order valence-electron chi connectivity index (χ1n) is 7.86. The number of piperazine rings is 1. The van der Waals surface area contributed by atoms with E-state index in [0.29, 0.717) is 31.0 Å². The highest BCUT2D eigenvalue weighted by Gasteiger charge is 2.21. The van der Waals surface area contributed by atoms with Crippen LogP contribution in [0.3, 0.4) is 0 Å². The summed E-state index contributed by atoms with van der Waals surface area (Å²) in [5.74, 6) is -0.376. The van der Waals surface area contributed by atoms with Crippen molar-refractivity contribution in [1.82, 2.24) is 19.6 Å². The molecule has 0 radical (unpaired) electrons. The van der Waals surface area contributed by atoms with Crippen molar-refractivity contribution in [3.63, 3.8) is 0 Å². The number of nitrogens with zero attached hydrogens (tertiary/aromatic N) is 4. The number of para-hydroxylation sites is 1. The van der Waals surface area contributed by atoms with Gasteiger partial charge in [-0.15, -0.1) is 0 Å². The Hall–Kier alpha value is -2.45. The molecule has 1 saturated heterocycles. The molecule has 24 heavy (non-hydrogen) atoms. The number of urea groups is 1. The molecule has 0 bridgehead atoms. The first kappa shape index (κ1) is 16.4. The van der Waals surface area contributed by atoms with Crippen LogP contribution in [0.4, 0.5) is 14.9 Å². The van der Waals surface area contributed by atoms with Crippen LogP contribution in [-0.2, 0) is 0 Å². The first-order chi connectivity index (χ1) is 11.7. The molecule has 0 unspecified atom stereocenters. The average molecular weight is 333 g/mol. The van der Waals surface area contributed by atoms with Crippen LogP contribution in [0.1, 0.15) is 0 Å². The molecule has 2 N–H and O–H groups in total. The zero-order valence-electron chi connectivity index (χ0n) is 13.2. The number of rotatable bonds is 4. The summed E-state index contributed by atoms with van der Waals surface area (Å²) in [5, 5.41) is 15.8. The van der Waals surface area contributed by atoms with Crippen LogP contribution < -0.4 is 5.32 Å². The molecule has 2 aromatic rings. The zero-order valence-corrected chi connectivity index (χ0v) is 13.2. The van der Waals surface area contributed by atoms with Crippen molar-refractivity contribution in [3.05, 3.63) is 42.5 Å². The maximum absolute atomic E-state index is 13.8. The van der Waals surface area contributed by atoms with Gasteiger partial charge in [0.2, 0.25) is 0 Å². The Bertz CT molecular complexity index is 697. The van der Waals surface area contributed by atoms with Crippen LogP contribution in [0.25, 0.3) is 5.69 Å². The van der Waals surface area contributed by atoms with Crippen LogP contribution in [0.15, 0.2) is 36.7 Å². The number of hydrogen-bond donors (Lipinski definition) is 2. The maximum atomic E-state index is 13.8. The average Bonchev–Trinajstić information content (AvgIpc) is 3.04. The summed E-state index contributed by atoms with van der Waals surface area (Å²) in [6.07, 6.45) is 3.07. The van der Waals surface area contributed by atoms with Gasteiger partial charge in [-0.05, 0) is 12.1 Å². The van der Waals surface area contributed by atoms with Crippen LogP contribution in [-0.4, -0.2) is 70.0 Å². The second-order valence-electron chi connectivity index (χ2n) is 5.61. The molecular formula is C16H20FN5O2. The van der Waals surface area contributed by atoms with Gasteiger partial charge in [0.1, 0.15) is 11.5 Å². The van der Waals surface area contributed by atoms with E-state index < -0.39 is 0 Å². The van der Waals surface area contributed by atoms with Crippen molar-refractivity contribution in [2.24, 2.45) is 0 Å². The van der Waals surface area contributed by atoms with Gasteiger partial charge in [-0.2, -0.15) is 5.10 Å². The normalized spacial score (nSPS) is 15.5. The van der Waals surface area contributed by atoms with E-state index in [1.165, 1.54) is 16.9 Å². The number of carbonyl (C=O) groups is 1. The molecule has 0 atom stereocenters. The predicted octanol–water partition coefficient (Wildman–Crippen LogP) is 1.15. The molecule has 1 aromatic heterocycles. The van der Waals surface area contributed by atoms with E-state index in [2.05, 4.69) is 15.3 Å². The largest absolute Gasteiger partial charge is 0.395 e. The molecule has 1 aromatic carbocycles. The van der Waals surface area contributed by atoms with Crippen LogP contribution in [0, 0.1) is 5.82 Å². The van der Waals surface area contributed by atoms with Gasteiger partial charge in [-0.1, -0.05) is 12.1 Å². The van der Waals surface area contributed by atoms with E-state index in [4.69, 9.17) is 5.11 Å². The van der Waals surface area contributed by atoms with Crippen molar-refractivity contribution in [2.75, 3.05) is 44.6 Å². The van der Waals surface area contributed by atoms with Gasteiger partial charge >= 0.3 is 6.03 Å².